The zero-order valence-corrected chi connectivity index (χ0v) is 15.5. The van der Waals surface area contributed by atoms with E-state index in [1.165, 1.54) is 6.26 Å². The zero-order valence-electron chi connectivity index (χ0n) is 14.7. The van der Waals surface area contributed by atoms with Crippen LogP contribution >= 0.6 is 0 Å². The smallest absolute Gasteiger partial charge is 0.331 e. The third-order valence-corrected chi connectivity index (χ3v) is 5.75. The van der Waals surface area contributed by atoms with Crippen molar-refractivity contribution in [2.75, 3.05) is 6.26 Å². The summed E-state index contributed by atoms with van der Waals surface area (Å²) >= 11 is 0. The van der Waals surface area contributed by atoms with Crippen LogP contribution in [0.25, 0.3) is 11.1 Å². The summed E-state index contributed by atoms with van der Waals surface area (Å²) in [5, 5.41) is 9.51. The topological polar surface area (TPSA) is 71.4 Å². The van der Waals surface area contributed by atoms with Crippen molar-refractivity contribution < 1.29 is 18.3 Å². The van der Waals surface area contributed by atoms with E-state index in [1.807, 2.05) is 37.3 Å². The first kappa shape index (κ1) is 18.1. The number of aliphatic carboxylic acids is 1. The number of carbonyl (C=O) groups is 1. The maximum Gasteiger partial charge on any atom is 0.331 e. The van der Waals surface area contributed by atoms with Gasteiger partial charge in [-0.15, -0.1) is 0 Å². The summed E-state index contributed by atoms with van der Waals surface area (Å²) < 4.78 is 23.3. The first-order valence-corrected chi connectivity index (χ1v) is 10.3. The van der Waals surface area contributed by atoms with Crippen molar-refractivity contribution in [1.82, 2.24) is 0 Å². The molecule has 2 aromatic carbocycles. The van der Waals surface area contributed by atoms with Crippen LogP contribution in [-0.4, -0.2) is 25.7 Å². The summed E-state index contributed by atoms with van der Waals surface area (Å²) in [5.41, 5.74) is 5.16. The molecule has 5 heteroatoms. The lowest BCUT2D eigenvalue weighted by Gasteiger charge is -2.30. The highest BCUT2D eigenvalue weighted by atomic mass is 32.2. The summed E-state index contributed by atoms with van der Waals surface area (Å²) in [7, 11) is -3.24. The van der Waals surface area contributed by atoms with Crippen molar-refractivity contribution in [2.45, 2.75) is 24.7 Å². The normalized spacial score (nSPS) is 16.2. The van der Waals surface area contributed by atoms with Crippen molar-refractivity contribution in [3.05, 3.63) is 76.9 Å². The molecule has 0 bridgehead atoms. The van der Waals surface area contributed by atoms with Gasteiger partial charge in [-0.3, -0.25) is 0 Å². The summed E-state index contributed by atoms with van der Waals surface area (Å²) in [6, 6.07) is 16.5. The first-order valence-electron chi connectivity index (χ1n) is 8.37. The van der Waals surface area contributed by atoms with Crippen LogP contribution < -0.4 is 0 Å². The fourth-order valence-electron chi connectivity index (χ4n) is 3.28. The van der Waals surface area contributed by atoms with Crippen LogP contribution in [0.2, 0.25) is 0 Å². The molecule has 0 heterocycles. The van der Waals surface area contributed by atoms with Gasteiger partial charge in [0.25, 0.3) is 0 Å². The lowest BCUT2D eigenvalue weighted by molar-refractivity contribution is -0.132. The van der Waals surface area contributed by atoms with E-state index in [4.69, 9.17) is 0 Å². The Labute approximate surface area is 153 Å². The monoisotopic (exact) mass is 368 g/mol. The van der Waals surface area contributed by atoms with Crippen LogP contribution in [0.3, 0.4) is 0 Å². The Morgan fingerprint density at radius 2 is 1.62 bits per heavy atom. The molecule has 0 saturated carbocycles. The van der Waals surface area contributed by atoms with Crippen LogP contribution in [0.4, 0.5) is 0 Å². The maximum absolute atomic E-state index is 11.7. The Hall–Kier alpha value is -2.66. The molecule has 0 unspecified atom stereocenters. The summed E-state index contributed by atoms with van der Waals surface area (Å²) in [6.45, 7) is 1.85. The summed E-state index contributed by atoms with van der Waals surface area (Å²) in [6.07, 6.45) is 2.21. The van der Waals surface area contributed by atoms with Crippen LogP contribution in [-0.2, 0) is 14.6 Å². The average molecular weight is 368 g/mol. The van der Waals surface area contributed by atoms with Crippen LogP contribution in [0, 0.1) is 0 Å². The van der Waals surface area contributed by atoms with Crippen LogP contribution in [0.15, 0.2) is 70.6 Å². The molecule has 26 heavy (non-hydrogen) atoms. The molecule has 3 rings (SSSR count). The minimum absolute atomic E-state index is 0.276. The molecule has 0 atom stereocenters. The van der Waals surface area contributed by atoms with E-state index in [0.717, 1.165) is 27.8 Å². The highest BCUT2D eigenvalue weighted by molar-refractivity contribution is 7.90. The highest BCUT2D eigenvalue weighted by Gasteiger charge is 2.30. The predicted molar refractivity (Wildman–Crippen MR) is 102 cm³/mol. The summed E-state index contributed by atoms with van der Waals surface area (Å²) in [4.78, 5) is 11.9. The van der Waals surface area contributed by atoms with E-state index in [-0.39, 0.29) is 4.90 Å². The van der Waals surface area contributed by atoms with Gasteiger partial charge < -0.3 is 5.11 Å². The minimum atomic E-state index is -3.24. The molecule has 0 aliphatic heterocycles. The van der Waals surface area contributed by atoms with Gasteiger partial charge in [0, 0.05) is 11.8 Å². The van der Waals surface area contributed by atoms with E-state index >= 15 is 0 Å². The summed E-state index contributed by atoms with van der Waals surface area (Å²) in [5.74, 6) is -0.887. The molecule has 0 amide bonds. The molecule has 0 aromatic heterocycles. The number of carboxylic acid groups (broad SMARTS) is 1. The number of hydrogen-bond donors (Lipinski definition) is 1. The second kappa shape index (κ2) is 6.92. The van der Waals surface area contributed by atoms with Crippen molar-refractivity contribution >= 4 is 27.0 Å². The van der Waals surface area contributed by atoms with Crippen LogP contribution in [0.5, 0.6) is 0 Å². The molecular formula is C21H20O4S. The number of carboxylic acids is 1. The van der Waals surface area contributed by atoms with E-state index in [0.29, 0.717) is 18.4 Å². The zero-order chi connectivity index (χ0) is 18.9. The molecule has 0 spiro atoms. The predicted octanol–water partition coefficient (Wildman–Crippen LogP) is 4.20. The van der Waals surface area contributed by atoms with Crippen LogP contribution in [0.1, 0.15) is 30.9 Å². The van der Waals surface area contributed by atoms with E-state index in [1.54, 1.807) is 24.3 Å². The fourth-order valence-corrected chi connectivity index (χ4v) is 3.91. The molecule has 0 fully saturated rings. The SMILES string of the molecule is CCC(C(=O)O)=C1CC(c2ccc(S(C)(=O)=O)cc2)=C1c1ccccc1. The van der Waals surface area contributed by atoms with Gasteiger partial charge in [0.2, 0.25) is 0 Å². The van der Waals surface area contributed by atoms with Gasteiger partial charge in [-0.2, -0.15) is 0 Å². The van der Waals surface area contributed by atoms with Crippen molar-refractivity contribution in [3.63, 3.8) is 0 Å². The molecule has 1 aliphatic carbocycles. The Morgan fingerprint density at radius 3 is 2.12 bits per heavy atom. The molecule has 2 aromatic rings. The molecule has 4 nitrogen and oxygen atoms in total. The average Bonchev–Trinajstić information content (AvgIpc) is 2.58. The number of benzene rings is 2. The van der Waals surface area contributed by atoms with Gasteiger partial charge in [0.1, 0.15) is 0 Å². The molecule has 0 saturated heterocycles. The fraction of sp³-hybridized carbons (Fsp3) is 0.190. The quantitative estimate of drug-likeness (QED) is 0.803. The molecule has 0 radical (unpaired) electrons. The van der Waals surface area contributed by atoms with Gasteiger partial charge >= 0.3 is 5.97 Å². The largest absolute Gasteiger partial charge is 0.478 e. The van der Waals surface area contributed by atoms with Gasteiger partial charge in [0.05, 0.1) is 4.90 Å². The second-order valence-electron chi connectivity index (χ2n) is 6.31. The standard InChI is InChI=1S/C21H20O4S/c1-3-17(21(22)23)19-13-18(20(19)15-7-5-4-6-8-15)14-9-11-16(12-10-14)26(2,24)25/h4-12H,3,13H2,1-2H3,(H,22,23). The van der Waals surface area contributed by atoms with Crippen molar-refractivity contribution in [1.29, 1.82) is 0 Å². The second-order valence-corrected chi connectivity index (χ2v) is 8.32. The number of rotatable bonds is 5. The molecule has 1 aliphatic rings. The van der Waals surface area contributed by atoms with E-state index in [2.05, 4.69) is 0 Å². The highest BCUT2D eigenvalue weighted by Crippen LogP contribution is 2.48. The first-order chi connectivity index (χ1) is 12.3. The van der Waals surface area contributed by atoms with Gasteiger partial charge in [0.15, 0.2) is 9.84 Å². The van der Waals surface area contributed by atoms with E-state index < -0.39 is 15.8 Å². The Bertz CT molecular complexity index is 1010. The lowest BCUT2D eigenvalue weighted by Crippen LogP contribution is -2.14. The third kappa shape index (κ3) is 3.35. The Kier molecular flexibility index (Phi) is 4.83. The Morgan fingerprint density at radius 1 is 1.00 bits per heavy atom. The number of sulfone groups is 1. The van der Waals surface area contributed by atoms with Gasteiger partial charge in [-0.1, -0.05) is 49.4 Å². The maximum atomic E-state index is 11.7. The van der Waals surface area contributed by atoms with E-state index in [9.17, 15) is 18.3 Å². The third-order valence-electron chi connectivity index (χ3n) is 4.63. The number of hydrogen-bond acceptors (Lipinski definition) is 3. The molecule has 134 valence electrons. The molecule has 1 N–H and O–H groups in total. The van der Waals surface area contributed by atoms with Gasteiger partial charge in [-0.25, -0.2) is 13.2 Å². The van der Waals surface area contributed by atoms with Crippen molar-refractivity contribution in [2.24, 2.45) is 0 Å². The molecular weight excluding hydrogens is 348 g/mol. The lowest BCUT2D eigenvalue weighted by atomic mass is 9.73. The van der Waals surface area contributed by atoms with Gasteiger partial charge in [-0.05, 0) is 52.8 Å². The Balaban J connectivity index is 2.16. The minimum Gasteiger partial charge on any atom is -0.478 e. The number of allylic oxidation sites excluding steroid dienone is 3. The van der Waals surface area contributed by atoms with Crippen molar-refractivity contribution in [3.8, 4) is 0 Å².